The molecule has 0 spiro atoms. The zero-order valence-corrected chi connectivity index (χ0v) is 15.7. The fourth-order valence-corrected chi connectivity index (χ4v) is 2.42. The number of aryl methyl sites for hydroxylation is 1. The van der Waals surface area contributed by atoms with Gasteiger partial charge in [0, 0.05) is 23.1 Å². The minimum Gasteiger partial charge on any atom is -0.456 e. The summed E-state index contributed by atoms with van der Waals surface area (Å²) in [4.78, 5) is 46.0. The number of benzene rings is 2. The number of Topliss-reactive ketones (excluding diaryl/α,β-unsaturated/α-hetero) is 1. The van der Waals surface area contributed by atoms with Crippen molar-refractivity contribution in [1.29, 1.82) is 0 Å². The molecule has 28 heavy (non-hydrogen) atoms. The number of carbonyl (C=O) groups excluding carboxylic acids is 3. The third-order valence-corrected chi connectivity index (χ3v) is 3.96. The van der Waals surface area contributed by atoms with E-state index in [0.717, 1.165) is 0 Å². The number of nitrogens with one attached hydrogen (secondary N) is 1. The maximum absolute atomic E-state index is 12.0. The number of carbonyl (C=O) groups is 3. The number of nitrogens with zero attached hydrogens (tertiary/aromatic N) is 1. The predicted octanol–water partition coefficient (Wildman–Crippen LogP) is 3.70. The minimum absolute atomic E-state index is 0.00886. The van der Waals surface area contributed by atoms with Crippen molar-refractivity contribution in [1.82, 2.24) is 0 Å². The van der Waals surface area contributed by atoms with Gasteiger partial charge in [-0.05, 0) is 42.8 Å². The molecule has 146 valence electrons. The Labute approximate surface area is 165 Å². The van der Waals surface area contributed by atoms with E-state index in [1.807, 2.05) is 0 Å². The van der Waals surface area contributed by atoms with Gasteiger partial charge in [-0.15, -0.1) is 0 Å². The summed E-state index contributed by atoms with van der Waals surface area (Å²) in [6, 6.07) is 10.6. The van der Waals surface area contributed by atoms with E-state index in [4.69, 9.17) is 16.3 Å². The molecule has 1 amide bonds. The van der Waals surface area contributed by atoms with Crippen molar-refractivity contribution in [3.8, 4) is 0 Å². The Balaban J connectivity index is 1.81. The molecular formula is C19H17ClN2O6. The molecule has 1 N–H and O–H groups in total. The number of amides is 1. The summed E-state index contributed by atoms with van der Waals surface area (Å²) < 4.78 is 4.81. The Hall–Kier alpha value is -3.26. The van der Waals surface area contributed by atoms with Crippen LogP contribution in [0.15, 0.2) is 42.5 Å². The van der Waals surface area contributed by atoms with Crippen LogP contribution in [0.25, 0.3) is 0 Å². The van der Waals surface area contributed by atoms with Gasteiger partial charge in [0.05, 0.1) is 11.3 Å². The first kappa shape index (κ1) is 21.0. The number of ether oxygens (including phenoxy) is 1. The van der Waals surface area contributed by atoms with Crippen molar-refractivity contribution in [3.05, 3.63) is 68.7 Å². The number of halogens is 1. The molecule has 0 bridgehead atoms. The fourth-order valence-electron chi connectivity index (χ4n) is 2.30. The smallest absolute Gasteiger partial charge is 0.306 e. The van der Waals surface area contributed by atoms with E-state index < -0.39 is 23.4 Å². The summed E-state index contributed by atoms with van der Waals surface area (Å²) in [7, 11) is 0. The third-order valence-electron chi connectivity index (χ3n) is 3.71. The molecule has 0 saturated heterocycles. The van der Waals surface area contributed by atoms with E-state index in [0.29, 0.717) is 16.1 Å². The molecule has 0 unspecified atom stereocenters. The van der Waals surface area contributed by atoms with Gasteiger partial charge in [0.15, 0.2) is 12.4 Å². The molecule has 0 saturated carbocycles. The van der Waals surface area contributed by atoms with Crippen LogP contribution in [-0.4, -0.2) is 29.2 Å². The normalized spacial score (nSPS) is 10.2. The third kappa shape index (κ3) is 6.17. The zero-order chi connectivity index (χ0) is 20.7. The predicted molar refractivity (Wildman–Crippen MR) is 102 cm³/mol. The number of nitro benzene ring substituents is 1. The number of hydrogen-bond donors (Lipinski definition) is 1. The molecule has 2 aromatic rings. The van der Waals surface area contributed by atoms with Crippen LogP contribution in [0.5, 0.6) is 0 Å². The molecule has 0 aliphatic carbocycles. The van der Waals surface area contributed by atoms with E-state index >= 15 is 0 Å². The van der Waals surface area contributed by atoms with E-state index in [9.17, 15) is 24.5 Å². The van der Waals surface area contributed by atoms with Crippen molar-refractivity contribution in [2.75, 3.05) is 11.9 Å². The highest BCUT2D eigenvalue weighted by Crippen LogP contribution is 2.25. The number of hydrogen-bond acceptors (Lipinski definition) is 6. The van der Waals surface area contributed by atoms with Gasteiger partial charge in [-0.25, -0.2) is 0 Å². The van der Waals surface area contributed by atoms with E-state index in [1.54, 1.807) is 37.3 Å². The summed E-state index contributed by atoms with van der Waals surface area (Å²) in [6.07, 6.45) is -0.273. The molecule has 2 rings (SSSR count). The molecule has 2 aromatic carbocycles. The van der Waals surface area contributed by atoms with Gasteiger partial charge in [-0.1, -0.05) is 17.7 Å². The summed E-state index contributed by atoms with van der Waals surface area (Å²) in [6.45, 7) is 1.07. The van der Waals surface area contributed by atoms with Crippen LogP contribution in [0.3, 0.4) is 0 Å². The highest BCUT2D eigenvalue weighted by atomic mass is 35.5. The van der Waals surface area contributed by atoms with Gasteiger partial charge in [-0.2, -0.15) is 0 Å². The van der Waals surface area contributed by atoms with Crippen molar-refractivity contribution in [3.63, 3.8) is 0 Å². The number of rotatable bonds is 8. The first-order valence-corrected chi connectivity index (χ1v) is 8.63. The second-order valence-electron chi connectivity index (χ2n) is 5.92. The lowest BCUT2D eigenvalue weighted by molar-refractivity contribution is -0.384. The van der Waals surface area contributed by atoms with E-state index in [-0.39, 0.29) is 30.0 Å². The molecule has 8 nitrogen and oxygen atoms in total. The van der Waals surface area contributed by atoms with Crippen LogP contribution >= 0.6 is 11.6 Å². The van der Waals surface area contributed by atoms with Crippen LogP contribution in [-0.2, 0) is 14.3 Å². The minimum atomic E-state index is -0.726. The number of nitro groups is 1. The van der Waals surface area contributed by atoms with Crippen molar-refractivity contribution < 1.29 is 24.0 Å². The molecular weight excluding hydrogens is 388 g/mol. The topological polar surface area (TPSA) is 116 Å². The Morgan fingerprint density at radius 2 is 1.79 bits per heavy atom. The zero-order valence-electron chi connectivity index (χ0n) is 14.9. The summed E-state index contributed by atoms with van der Waals surface area (Å²) >= 11 is 5.75. The Morgan fingerprint density at radius 1 is 1.11 bits per heavy atom. The highest BCUT2D eigenvalue weighted by molar-refractivity contribution is 6.30. The van der Waals surface area contributed by atoms with Crippen molar-refractivity contribution >= 4 is 40.6 Å². The number of anilines is 1. The summed E-state index contributed by atoms with van der Waals surface area (Å²) in [5.41, 5.74) is 0.839. The number of ketones is 1. The highest BCUT2D eigenvalue weighted by Gasteiger charge is 2.17. The second kappa shape index (κ2) is 9.61. The Bertz CT molecular complexity index is 911. The molecule has 0 radical (unpaired) electrons. The Kier molecular flexibility index (Phi) is 7.22. The maximum Gasteiger partial charge on any atom is 0.306 e. The standard InChI is InChI=1S/C19H17ClN2O6/c1-12-2-7-15(16(10-12)22(26)27)21-18(24)11-28-19(25)9-8-17(23)13-3-5-14(20)6-4-13/h2-7,10H,8-9,11H2,1H3,(H,21,24). The molecule has 0 fully saturated rings. The SMILES string of the molecule is Cc1ccc(NC(=O)COC(=O)CCC(=O)c2ccc(Cl)cc2)c([N+](=O)[O-])c1. The first-order valence-electron chi connectivity index (χ1n) is 8.25. The van der Waals surface area contributed by atoms with Gasteiger partial charge in [0.2, 0.25) is 0 Å². The molecule has 0 aliphatic heterocycles. The van der Waals surface area contributed by atoms with Crippen molar-refractivity contribution in [2.45, 2.75) is 19.8 Å². The quantitative estimate of drug-likeness (QED) is 0.310. The lowest BCUT2D eigenvalue weighted by Crippen LogP contribution is -2.21. The number of esters is 1. The lowest BCUT2D eigenvalue weighted by atomic mass is 10.1. The Morgan fingerprint density at radius 3 is 2.43 bits per heavy atom. The van der Waals surface area contributed by atoms with Gasteiger partial charge in [0.25, 0.3) is 11.6 Å². The average molecular weight is 405 g/mol. The molecule has 0 aliphatic rings. The second-order valence-corrected chi connectivity index (χ2v) is 6.35. The van der Waals surface area contributed by atoms with Crippen LogP contribution < -0.4 is 5.32 Å². The summed E-state index contributed by atoms with van der Waals surface area (Å²) in [5, 5.41) is 13.9. The molecule has 9 heteroatoms. The largest absolute Gasteiger partial charge is 0.456 e. The van der Waals surface area contributed by atoms with Crippen LogP contribution in [0.2, 0.25) is 5.02 Å². The van der Waals surface area contributed by atoms with Crippen LogP contribution in [0, 0.1) is 17.0 Å². The average Bonchev–Trinajstić information content (AvgIpc) is 2.66. The van der Waals surface area contributed by atoms with Gasteiger partial charge in [0.1, 0.15) is 5.69 Å². The lowest BCUT2D eigenvalue weighted by Gasteiger charge is -2.08. The monoisotopic (exact) mass is 404 g/mol. The van der Waals surface area contributed by atoms with Crippen LogP contribution in [0.4, 0.5) is 11.4 Å². The van der Waals surface area contributed by atoms with Crippen LogP contribution in [0.1, 0.15) is 28.8 Å². The van der Waals surface area contributed by atoms with Gasteiger partial charge >= 0.3 is 5.97 Å². The van der Waals surface area contributed by atoms with Gasteiger partial charge in [-0.3, -0.25) is 24.5 Å². The molecule has 0 aromatic heterocycles. The van der Waals surface area contributed by atoms with Crippen molar-refractivity contribution in [2.24, 2.45) is 0 Å². The summed E-state index contributed by atoms with van der Waals surface area (Å²) in [5.74, 6) is -1.70. The maximum atomic E-state index is 12.0. The van der Waals surface area contributed by atoms with E-state index in [2.05, 4.69) is 5.32 Å². The van der Waals surface area contributed by atoms with Gasteiger partial charge < -0.3 is 10.1 Å². The molecule has 0 atom stereocenters. The van der Waals surface area contributed by atoms with E-state index in [1.165, 1.54) is 12.1 Å². The first-order chi connectivity index (χ1) is 13.3. The fraction of sp³-hybridized carbons (Fsp3) is 0.211. The molecule has 0 heterocycles.